The number of aromatic nitrogens is 3. The van der Waals surface area contributed by atoms with Crippen molar-refractivity contribution in [2.75, 3.05) is 0 Å². The van der Waals surface area contributed by atoms with Crippen LogP contribution in [0.25, 0.3) is 0 Å². The van der Waals surface area contributed by atoms with Crippen LogP contribution in [0.4, 0.5) is 0 Å². The van der Waals surface area contributed by atoms with Gasteiger partial charge in [0, 0.05) is 5.56 Å². The maximum Gasteiger partial charge on any atom is 0.466 e. The summed E-state index contributed by atoms with van der Waals surface area (Å²) in [6.45, 7) is 1.81. The zero-order valence-corrected chi connectivity index (χ0v) is 14.1. The van der Waals surface area contributed by atoms with E-state index in [1.54, 1.807) is 12.1 Å². The van der Waals surface area contributed by atoms with Crippen molar-refractivity contribution in [2.45, 2.75) is 6.92 Å². The third-order valence-electron chi connectivity index (χ3n) is 2.10. The topological polar surface area (TPSA) is 121 Å². The monoisotopic (exact) mass is 386 g/mol. The molecule has 8 nitrogen and oxygen atoms in total. The fraction of sp³-hybridized carbons (Fsp3) is 0.100. The molecule has 1 aromatic carbocycles. The summed E-state index contributed by atoms with van der Waals surface area (Å²) in [5, 5.41) is 12.7. The second kappa shape index (κ2) is 8.03. The molecular weight excluding hydrogens is 377 g/mol. The van der Waals surface area contributed by atoms with Gasteiger partial charge in [0.05, 0.1) is 20.8 Å². The number of halogens is 3. The second-order valence-electron chi connectivity index (χ2n) is 3.76. The fourth-order valence-corrected chi connectivity index (χ4v) is 1.95. The maximum absolute atomic E-state index is 8.88. The van der Waals surface area contributed by atoms with Crippen molar-refractivity contribution in [3.63, 3.8) is 0 Å². The summed E-state index contributed by atoms with van der Waals surface area (Å²) < 4.78 is 10.4. The molecule has 0 radical (unpaired) electrons. The summed E-state index contributed by atoms with van der Waals surface area (Å²) in [5.41, 5.74) is 1.41. The normalized spacial score (nSPS) is 11.9. The summed E-state index contributed by atoms with van der Waals surface area (Å²) >= 11 is 17.9. The lowest BCUT2D eigenvalue weighted by Gasteiger charge is -2.06. The average molecular weight is 388 g/mol. The molecular formula is C10H10Cl3N4O4P. The number of phosphoric acid groups is 1. The van der Waals surface area contributed by atoms with Crippen molar-refractivity contribution in [1.29, 1.82) is 0 Å². The van der Waals surface area contributed by atoms with Gasteiger partial charge in [0.2, 0.25) is 0 Å². The Morgan fingerprint density at radius 2 is 1.64 bits per heavy atom. The number of hydrogen-bond donors (Lipinski definition) is 3. The maximum atomic E-state index is 8.88. The summed E-state index contributed by atoms with van der Waals surface area (Å²) in [5.74, 6) is 0. The molecule has 0 saturated heterocycles. The Labute approximate surface area is 140 Å². The molecule has 1 heterocycles. The van der Waals surface area contributed by atoms with Crippen LogP contribution in [0, 0.1) is 0 Å². The van der Waals surface area contributed by atoms with Crippen molar-refractivity contribution in [3.05, 3.63) is 45.4 Å². The third kappa shape index (κ3) is 6.41. The first-order chi connectivity index (χ1) is 10.1. The van der Waals surface area contributed by atoms with E-state index in [9.17, 15) is 0 Å². The van der Waals surface area contributed by atoms with Crippen molar-refractivity contribution in [2.24, 2.45) is 5.10 Å². The first-order valence-electron chi connectivity index (χ1n) is 5.42. The summed E-state index contributed by atoms with van der Waals surface area (Å²) in [6.07, 6.45) is 2.96. The van der Waals surface area contributed by atoms with Crippen LogP contribution >= 0.6 is 42.6 Å². The molecule has 1 aromatic heterocycles. The molecule has 0 unspecified atom stereocenters. The van der Waals surface area contributed by atoms with Crippen molar-refractivity contribution >= 4 is 48.3 Å². The number of hydrogen-bond acceptors (Lipinski definition) is 4. The molecule has 0 amide bonds. The van der Waals surface area contributed by atoms with E-state index in [0.717, 1.165) is 5.56 Å². The average Bonchev–Trinajstić information content (AvgIpc) is 2.86. The third-order valence-corrected chi connectivity index (χ3v) is 3.39. The largest absolute Gasteiger partial charge is 0.466 e. The van der Waals surface area contributed by atoms with E-state index in [1.807, 2.05) is 6.92 Å². The van der Waals surface area contributed by atoms with Crippen LogP contribution in [-0.2, 0) is 4.57 Å². The van der Waals surface area contributed by atoms with Crippen LogP contribution in [0.5, 0.6) is 0 Å². The molecule has 0 aliphatic rings. The summed E-state index contributed by atoms with van der Waals surface area (Å²) in [4.78, 5) is 21.6. The van der Waals surface area contributed by atoms with E-state index in [2.05, 4.69) is 15.3 Å². The minimum absolute atomic E-state index is 0.323. The number of nitrogens with zero attached hydrogens (tertiary/aromatic N) is 4. The van der Waals surface area contributed by atoms with Crippen LogP contribution in [0.1, 0.15) is 12.5 Å². The van der Waals surface area contributed by atoms with Crippen molar-refractivity contribution in [3.8, 4) is 0 Å². The lowest BCUT2D eigenvalue weighted by atomic mass is 10.1. The highest BCUT2D eigenvalue weighted by molar-refractivity contribution is 7.45. The highest BCUT2D eigenvalue weighted by atomic mass is 35.5. The minimum atomic E-state index is -4.64. The molecule has 0 aliphatic heterocycles. The first kappa shape index (κ1) is 19.1. The molecule has 0 spiro atoms. The van der Waals surface area contributed by atoms with Crippen molar-refractivity contribution in [1.82, 2.24) is 14.9 Å². The Kier molecular flexibility index (Phi) is 6.96. The van der Waals surface area contributed by atoms with Crippen LogP contribution in [0.3, 0.4) is 0 Å². The van der Waals surface area contributed by atoms with Gasteiger partial charge in [0.15, 0.2) is 0 Å². The Bertz CT molecular complexity index is 709. The number of rotatable bonds is 2. The van der Waals surface area contributed by atoms with E-state index in [-0.39, 0.29) is 0 Å². The van der Waals surface area contributed by atoms with E-state index in [4.69, 9.17) is 54.0 Å². The van der Waals surface area contributed by atoms with Gasteiger partial charge in [-0.15, -0.1) is 10.2 Å². The molecule has 120 valence electrons. The zero-order valence-electron chi connectivity index (χ0n) is 10.9. The first-order valence-corrected chi connectivity index (χ1v) is 8.12. The molecule has 0 atom stereocenters. The van der Waals surface area contributed by atoms with Gasteiger partial charge in [-0.25, -0.2) is 9.24 Å². The van der Waals surface area contributed by atoms with Gasteiger partial charge < -0.3 is 14.7 Å². The Balaban J connectivity index is 0.000000422. The van der Waals surface area contributed by atoms with Gasteiger partial charge in [-0.05, 0) is 13.0 Å². The quantitative estimate of drug-likeness (QED) is 0.414. The highest BCUT2D eigenvalue weighted by Gasteiger charge is 2.11. The number of benzene rings is 1. The van der Waals surface area contributed by atoms with E-state index in [1.165, 1.54) is 17.3 Å². The summed E-state index contributed by atoms with van der Waals surface area (Å²) in [7, 11) is -4.64. The van der Waals surface area contributed by atoms with Gasteiger partial charge in [0.1, 0.15) is 12.7 Å². The smallest absolute Gasteiger partial charge is 0.303 e. The van der Waals surface area contributed by atoms with Crippen LogP contribution < -0.4 is 0 Å². The summed E-state index contributed by atoms with van der Waals surface area (Å²) in [6, 6.07) is 3.44. The highest BCUT2D eigenvalue weighted by Crippen LogP contribution is 2.32. The van der Waals surface area contributed by atoms with Gasteiger partial charge in [-0.2, -0.15) is 5.10 Å². The Hall–Kier alpha value is -0.990. The van der Waals surface area contributed by atoms with Gasteiger partial charge in [-0.3, -0.25) is 0 Å². The SMILES string of the molecule is C/C(=N\n1cnnc1)c1ccc(Cl)c(Cl)c1Cl.O=P(O)(O)O. The van der Waals surface area contributed by atoms with E-state index in [0.29, 0.717) is 20.8 Å². The standard InChI is InChI=1S/C10H7Cl3N4.H3O4P/c1-6(16-17-4-14-15-5-17)7-2-3-8(11)10(13)9(7)12;1-5(2,3)4/h2-5H,1H3;(H3,1,2,3,4)/b16-6+;. The Morgan fingerprint density at radius 1 is 1.14 bits per heavy atom. The molecule has 0 bridgehead atoms. The zero-order chi connectivity index (χ0) is 16.9. The lowest BCUT2D eigenvalue weighted by Crippen LogP contribution is -2.00. The molecule has 2 aromatic rings. The van der Waals surface area contributed by atoms with E-state index >= 15 is 0 Å². The molecule has 22 heavy (non-hydrogen) atoms. The van der Waals surface area contributed by atoms with Crippen molar-refractivity contribution < 1.29 is 19.2 Å². The molecule has 3 N–H and O–H groups in total. The minimum Gasteiger partial charge on any atom is -0.303 e. The van der Waals surface area contributed by atoms with E-state index < -0.39 is 7.82 Å². The predicted molar refractivity (Wildman–Crippen MR) is 83.4 cm³/mol. The van der Waals surface area contributed by atoms with Gasteiger partial charge in [0.25, 0.3) is 0 Å². The van der Waals surface area contributed by atoms with Gasteiger partial charge in [-0.1, -0.05) is 40.9 Å². The molecule has 0 aliphatic carbocycles. The van der Waals surface area contributed by atoms with Crippen LogP contribution in [0.15, 0.2) is 29.9 Å². The van der Waals surface area contributed by atoms with Crippen LogP contribution in [-0.4, -0.2) is 35.3 Å². The predicted octanol–water partition coefficient (Wildman–Crippen LogP) is 2.58. The molecule has 0 fully saturated rings. The molecule has 0 saturated carbocycles. The van der Waals surface area contributed by atoms with Gasteiger partial charge >= 0.3 is 7.82 Å². The second-order valence-corrected chi connectivity index (χ2v) is 5.95. The molecule has 2 rings (SSSR count). The fourth-order valence-electron chi connectivity index (χ4n) is 1.28. The Morgan fingerprint density at radius 3 is 2.14 bits per heavy atom. The van der Waals surface area contributed by atoms with Crippen LogP contribution in [0.2, 0.25) is 15.1 Å². The molecule has 12 heteroatoms. The lowest BCUT2D eigenvalue weighted by molar-refractivity contribution is 0.275.